The van der Waals surface area contributed by atoms with Gasteiger partial charge < -0.3 is 0 Å². The Bertz CT molecular complexity index is 671. The van der Waals surface area contributed by atoms with Crippen LogP contribution in [0.3, 0.4) is 0 Å². The van der Waals surface area contributed by atoms with Crippen LogP contribution in [0.25, 0.3) is 0 Å². The zero-order chi connectivity index (χ0) is 14.6. The molecule has 106 valence electrons. The summed E-state index contributed by atoms with van der Waals surface area (Å²) in [4.78, 5) is 0.259. The first-order valence-electron chi connectivity index (χ1n) is 6.24. The summed E-state index contributed by atoms with van der Waals surface area (Å²) in [6, 6.07) is 16.2. The molecular weight excluding hydrogens is 294 g/mol. The van der Waals surface area contributed by atoms with Gasteiger partial charge in [0.1, 0.15) is 0 Å². The van der Waals surface area contributed by atoms with Gasteiger partial charge in [-0.1, -0.05) is 42.5 Å². The fourth-order valence-corrected chi connectivity index (χ4v) is 3.29. The Morgan fingerprint density at radius 3 is 2.45 bits per heavy atom. The fourth-order valence-electron chi connectivity index (χ4n) is 1.83. The van der Waals surface area contributed by atoms with Crippen molar-refractivity contribution < 1.29 is 8.42 Å². The molecule has 3 nitrogen and oxygen atoms in total. The summed E-state index contributed by atoms with van der Waals surface area (Å²) in [7, 11) is -3.52. The molecule has 1 unspecified atom stereocenters. The van der Waals surface area contributed by atoms with E-state index in [1.54, 1.807) is 18.2 Å². The molecule has 0 amide bonds. The van der Waals surface area contributed by atoms with Gasteiger partial charge in [0.25, 0.3) is 0 Å². The van der Waals surface area contributed by atoms with Crippen LogP contribution in [-0.2, 0) is 10.0 Å². The molecule has 2 rings (SSSR count). The van der Waals surface area contributed by atoms with Crippen LogP contribution >= 0.6 is 11.6 Å². The number of hydrogen-bond donors (Lipinski definition) is 1. The number of aryl methyl sites for hydroxylation is 1. The predicted octanol–water partition coefficient (Wildman–Crippen LogP) is 3.25. The number of alkyl halides is 1. The molecule has 0 bridgehead atoms. The van der Waals surface area contributed by atoms with E-state index in [1.165, 1.54) is 0 Å². The van der Waals surface area contributed by atoms with E-state index in [9.17, 15) is 8.42 Å². The van der Waals surface area contributed by atoms with Crippen molar-refractivity contribution in [1.82, 2.24) is 4.72 Å². The molecule has 5 heteroatoms. The van der Waals surface area contributed by atoms with E-state index in [-0.39, 0.29) is 11.4 Å². The molecule has 1 atom stereocenters. The third-order valence-corrected chi connectivity index (χ3v) is 4.74. The zero-order valence-corrected chi connectivity index (χ0v) is 12.7. The molecule has 0 spiro atoms. The largest absolute Gasteiger partial charge is 0.240 e. The number of benzene rings is 2. The van der Waals surface area contributed by atoms with Gasteiger partial charge in [-0.3, -0.25) is 0 Å². The Labute approximate surface area is 124 Å². The average molecular weight is 310 g/mol. The molecule has 0 saturated heterocycles. The van der Waals surface area contributed by atoms with Gasteiger partial charge in [0.15, 0.2) is 0 Å². The molecular formula is C15H16ClNO2S. The van der Waals surface area contributed by atoms with E-state index < -0.39 is 15.4 Å². The lowest BCUT2D eigenvalue weighted by atomic mass is 10.1. The maximum Gasteiger partial charge on any atom is 0.240 e. The van der Waals surface area contributed by atoms with Crippen molar-refractivity contribution in [3.63, 3.8) is 0 Å². The van der Waals surface area contributed by atoms with Gasteiger partial charge >= 0.3 is 0 Å². The number of rotatable bonds is 5. The standard InChI is InChI=1S/C15H16ClNO2S/c1-12-6-5-9-14(10-12)20(18,19)17-11-15(16)13-7-3-2-4-8-13/h2-10,15,17H,11H2,1H3. The van der Waals surface area contributed by atoms with Crippen molar-refractivity contribution in [2.45, 2.75) is 17.2 Å². The monoisotopic (exact) mass is 309 g/mol. The molecule has 2 aromatic rings. The maximum absolute atomic E-state index is 12.2. The first kappa shape index (κ1) is 15.0. The van der Waals surface area contributed by atoms with Gasteiger partial charge in [-0.25, -0.2) is 13.1 Å². The summed E-state index contributed by atoms with van der Waals surface area (Å²) >= 11 is 6.20. The highest BCUT2D eigenvalue weighted by Gasteiger charge is 2.16. The molecule has 20 heavy (non-hydrogen) atoms. The third kappa shape index (κ3) is 3.82. The van der Waals surface area contributed by atoms with Crippen molar-refractivity contribution in [3.8, 4) is 0 Å². The maximum atomic E-state index is 12.2. The minimum absolute atomic E-state index is 0.155. The Balaban J connectivity index is 2.07. The van der Waals surface area contributed by atoms with Gasteiger partial charge in [0, 0.05) is 6.54 Å². The SMILES string of the molecule is Cc1cccc(S(=O)(=O)NCC(Cl)c2ccccc2)c1. The van der Waals surface area contributed by atoms with Crippen LogP contribution < -0.4 is 4.72 Å². The number of sulfonamides is 1. The number of nitrogens with one attached hydrogen (secondary N) is 1. The molecule has 0 radical (unpaired) electrons. The Morgan fingerprint density at radius 1 is 1.10 bits per heavy atom. The van der Waals surface area contributed by atoms with Crippen LogP contribution in [0.5, 0.6) is 0 Å². The highest BCUT2D eigenvalue weighted by Crippen LogP contribution is 2.20. The average Bonchev–Trinajstić information content (AvgIpc) is 2.46. The van der Waals surface area contributed by atoms with E-state index in [1.807, 2.05) is 43.3 Å². The summed E-state index contributed by atoms with van der Waals surface area (Å²) < 4.78 is 26.8. The molecule has 0 aliphatic heterocycles. The van der Waals surface area contributed by atoms with Crippen LogP contribution in [-0.4, -0.2) is 15.0 Å². The van der Waals surface area contributed by atoms with E-state index in [0.717, 1.165) is 11.1 Å². The zero-order valence-electron chi connectivity index (χ0n) is 11.1. The highest BCUT2D eigenvalue weighted by molar-refractivity contribution is 7.89. The van der Waals surface area contributed by atoms with Crippen LogP contribution in [0.15, 0.2) is 59.5 Å². The normalized spacial score (nSPS) is 13.1. The minimum Gasteiger partial charge on any atom is -0.209 e. The second-order valence-corrected chi connectivity index (χ2v) is 6.84. The quantitative estimate of drug-likeness (QED) is 0.862. The molecule has 0 aliphatic rings. The van der Waals surface area contributed by atoms with Gasteiger partial charge in [-0.15, -0.1) is 11.6 Å². The van der Waals surface area contributed by atoms with Crippen LogP contribution in [0.2, 0.25) is 0 Å². The topological polar surface area (TPSA) is 46.2 Å². The van der Waals surface area contributed by atoms with Crippen LogP contribution in [0.4, 0.5) is 0 Å². The molecule has 2 aromatic carbocycles. The summed E-state index contributed by atoms with van der Waals surface area (Å²) in [5.41, 5.74) is 1.79. The Kier molecular flexibility index (Phi) is 4.81. The van der Waals surface area contributed by atoms with Gasteiger partial charge in [-0.05, 0) is 30.2 Å². The Hall–Kier alpha value is -1.36. The smallest absolute Gasteiger partial charge is 0.209 e. The molecule has 0 saturated carbocycles. The Morgan fingerprint density at radius 2 is 1.80 bits per heavy atom. The highest BCUT2D eigenvalue weighted by atomic mass is 35.5. The lowest BCUT2D eigenvalue weighted by molar-refractivity contribution is 0.580. The number of hydrogen-bond acceptors (Lipinski definition) is 2. The number of halogens is 1. The predicted molar refractivity (Wildman–Crippen MR) is 81.4 cm³/mol. The molecule has 1 N–H and O–H groups in total. The second kappa shape index (κ2) is 6.39. The summed E-state index contributed by atoms with van der Waals surface area (Å²) in [5.74, 6) is 0. The fraction of sp³-hybridized carbons (Fsp3) is 0.200. The van der Waals surface area contributed by atoms with E-state index in [4.69, 9.17) is 11.6 Å². The summed E-state index contributed by atoms with van der Waals surface area (Å²) in [6.45, 7) is 2.01. The van der Waals surface area contributed by atoms with Crippen molar-refractivity contribution in [3.05, 3.63) is 65.7 Å². The minimum atomic E-state index is -3.52. The van der Waals surface area contributed by atoms with E-state index in [2.05, 4.69) is 4.72 Å². The van der Waals surface area contributed by atoms with Crippen LogP contribution in [0, 0.1) is 6.92 Å². The van der Waals surface area contributed by atoms with Crippen molar-refractivity contribution in [2.24, 2.45) is 0 Å². The van der Waals surface area contributed by atoms with E-state index in [0.29, 0.717) is 0 Å². The molecule has 0 aromatic heterocycles. The summed E-state index contributed by atoms with van der Waals surface area (Å²) in [5, 5.41) is -0.393. The van der Waals surface area contributed by atoms with Gasteiger partial charge in [-0.2, -0.15) is 0 Å². The van der Waals surface area contributed by atoms with Crippen molar-refractivity contribution in [1.29, 1.82) is 0 Å². The molecule has 0 aliphatic carbocycles. The summed E-state index contributed by atoms with van der Waals surface area (Å²) in [6.07, 6.45) is 0. The van der Waals surface area contributed by atoms with Gasteiger partial charge in [0.05, 0.1) is 10.3 Å². The first-order chi connectivity index (χ1) is 9.49. The van der Waals surface area contributed by atoms with Crippen LogP contribution in [0.1, 0.15) is 16.5 Å². The molecule has 0 heterocycles. The van der Waals surface area contributed by atoms with Crippen molar-refractivity contribution >= 4 is 21.6 Å². The lowest BCUT2D eigenvalue weighted by Crippen LogP contribution is -2.27. The molecule has 0 fully saturated rings. The second-order valence-electron chi connectivity index (χ2n) is 4.55. The van der Waals surface area contributed by atoms with Gasteiger partial charge in [0.2, 0.25) is 10.0 Å². The third-order valence-electron chi connectivity index (χ3n) is 2.91. The van der Waals surface area contributed by atoms with Crippen molar-refractivity contribution in [2.75, 3.05) is 6.54 Å². The first-order valence-corrected chi connectivity index (χ1v) is 8.16. The van der Waals surface area contributed by atoms with E-state index >= 15 is 0 Å². The lowest BCUT2D eigenvalue weighted by Gasteiger charge is -2.12.